The van der Waals surface area contributed by atoms with E-state index in [9.17, 15) is 4.79 Å². The lowest BCUT2D eigenvalue weighted by Gasteiger charge is -2.04. The lowest BCUT2D eigenvalue weighted by Crippen LogP contribution is -2.19. The molecule has 4 heteroatoms. The van der Waals surface area contributed by atoms with Crippen molar-refractivity contribution < 1.29 is 14.6 Å². The molecular formula is C6H12NO3. The Morgan fingerprint density at radius 1 is 1.80 bits per heavy atom. The lowest BCUT2D eigenvalue weighted by atomic mass is 10.2. The smallest absolute Gasteiger partial charge is 0.308 e. The number of aliphatic hydroxyl groups excluding tert-OH is 1. The first-order valence-corrected chi connectivity index (χ1v) is 3.19. The van der Waals surface area contributed by atoms with Crippen LogP contribution in [0.1, 0.15) is 13.3 Å². The Morgan fingerprint density at radius 2 is 2.40 bits per heavy atom. The van der Waals surface area contributed by atoms with Crippen molar-refractivity contribution in [3.05, 3.63) is 0 Å². The molecule has 10 heavy (non-hydrogen) atoms. The van der Waals surface area contributed by atoms with Gasteiger partial charge in [0.1, 0.15) is 0 Å². The topological polar surface area (TPSA) is 70.3 Å². The molecular weight excluding hydrogens is 134 g/mol. The molecule has 59 valence electrons. The molecule has 0 aliphatic heterocycles. The van der Waals surface area contributed by atoms with Gasteiger partial charge < -0.3 is 9.84 Å². The molecule has 2 N–H and O–H groups in total. The monoisotopic (exact) mass is 146 g/mol. The van der Waals surface area contributed by atoms with Crippen molar-refractivity contribution in [3.8, 4) is 0 Å². The van der Waals surface area contributed by atoms with Gasteiger partial charge in [-0.05, 0) is 6.92 Å². The Hall–Kier alpha value is -0.610. The Bertz CT molecular complexity index is 105. The fourth-order valence-electron chi connectivity index (χ4n) is 0.484. The third-order valence-corrected chi connectivity index (χ3v) is 0.943. The van der Waals surface area contributed by atoms with E-state index in [1.54, 1.807) is 6.92 Å². The average Bonchev–Trinajstić information content (AvgIpc) is 1.88. The van der Waals surface area contributed by atoms with Crippen LogP contribution >= 0.6 is 0 Å². The van der Waals surface area contributed by atoms with E-state index in [1.165, 1.54) is 0 Å². The predicted molar refractivity (Wildman–Crippen MR) is 35.2 cm³/mol. The summed E-state index contributed by atoms with van der Waals surface area (Å²) in [5, 5.41) is 8.77. The van der Waals surface area contributed by atoms with Crippen molar-refractivity contribution in [1.29, 1.82) is 0 Å². The Balaban J connectivity index is 3.37. The summed E-state index contributed by atoms with van der Waals surface area (Å²) in [5.41, 5.74) is 6.68. The highest BCUT2D eigenvalue weighted by Crippen LogP contribution is 1.92. The van der Waals surface area contributed by atoms with Crippen LogP contribution in [-0.4, -0.2) is 30.3 Å². The summed E-state index contributed by atoms with van der Waals surface area (Å²) in [6.45, 7) is 1.87. The van der Waals surface area contributed by atoms with Crippen LogP contribution in [0.25, 0.3) is 0 Å². The van der Waals surface area contributed by atoms with Crippen LogP contribution in [0.15, 0.2) is 0 Å². The second kappa shape index (κ2) is 5.20. The van der Waals surface area contributed by atoms with Gasteiger partial charge in [0.05, 0.1) is 19.1 Å². The Labute approximate surface area is 60.0 Å². The molecule has 1 unspecified atom stereocenters. The third-order valence-electron chi connectivity index (χ3n) is 0.943. The fourth-order valence-corrected chi connectivity index (χ4v) is 0.484. The minimum absolute atomic E-state index is 0.0721. The largest absolute Gasteiger partial charge is 0.466 e. The minimum Gasteiger partial charge on any atom is -0.466 e. The van der Waals surface area contributed by atoms with E-state index < -0.39 is 12.1 Å². The van der Waals surface area contributed by atoms with Crippen LogP contribution in [0.3, 0.4) is 0 Å². The summed E-state index contributed by atoms with van der Waals surface area (Å²) in [5.74, 6) is -0.442. The number of esters is 1. The number of rotatable bonds is 4. The first-order chi connectivity index (χ1) is 4.70. The van der Waals surface area contributed by atoms with Crippen LogP contribution in [0, 0.1) is 0 Å². The van der Waals surface area contributed by atoms with Gasteiger partial charge >= 0.3 is 5.97 Å². The van der Waals surface area contributed by atoms with Gasteiger partial charge in [-0.1, -0.05) is 0 Å². The van der Waals surface area contributed by atoms with E-state index in [1.807, 2.05) is 0 Å². The molecule has 0 amide bonds. The highest BCUT2D eigenvalue weighted by Gasteiger charge is 2.08. The fraction of sp³-hybridized carbons (Fsp3) is 0.833. The van der Waals surface area contributed by atoms with Crippen molar-refractivity contribution >= 4 is 5.97 Å². The van der Waals surface area contributed by atoms with Crippen molar-refractivity contribution in [2.75, 3.05) is 13.2 Å². The van der Waals surface area contributed by atoms with E-state index in [0.717, 1.165) is 0 Å². The molecule has 4 nitrogen and oxygen atoms in total. The van der Waals surface area contributed by atoms with Crippen LogP contribution < -0.4 is 5.73 Å². The molecule has 0 saturated carbocycles. The van der Waals surface area contributed by atoms with Crippen LogP contribution in [0.5, 0.6) is 0 Å². The zero-order valence-corrected chi connectivity index (χ0v) is 5.96. The maximum Gasteiger partial charge on any atom is 0.308 e. The van der Waals surface area contributed by atoms with Gasteiger partial charge in [0, 0.05) is 6.54 Å². The Morgan fingerprint density at radius 3 is 2.80 bits per heavy atom. The van der Waals surface area contributed by atoms with E-state index in [-0.39, 0.29) is 13.0 Å². The second-order valence-electron chi connectivity index (χ2n) is 1.87. The molecule has 0 spiro atoms. The maximum atomic E-state index is 10.5. The molecule has 0 aromatic heterocycles. The quantitative estimate of drug-likeness (QED) is 0.548. The van der Waals surface area contributed by atoms with Crippen LogP contribution in [0.2, 0.25) is 0 Å². The number of carbonyl (C=O) groups is 1. The molecule has 1 atom stereocenters. The summed E-state index contributed by atoms with van der Waals surface area (Å²) >= 11 is 0. The van der Waals surface area contributed by atoms with Crippen molar-refractivity contribution in [2.45, 2.75) is 19.4 Å². The molecule has 0 aliphatic carbocycles. The van der Waals surface area contributed by atoms with Crippen LogP contribution in [-0.2, 0) is 9.53 Å². The maximum absolute atomic E-state index is 10.5. The Kier molecular flexibility index (Phi) is 4.88. The molecule has 1 radical (unpaired) electrons. The van der Waals surface area contributed by atoms with Crippen molar-refractivity contribution in [1.82, 2.24) is 5.73 Å². The van der Waals surface area contributed by atoms with Gasteiger partial charge in [-0.3, -0.25) is 10.5 Å². The van der Waals surface area contributed by atoms with Gasteiger partial charge in [-0.2, -0.15) is 0 Å². The van der Waals surface area contributed by atoms with Gasteiger partial charge in [0.25, 0.3) is 0 Å². The van der Waals surface area contributed by atoms with Crippen molar-refractivity contribution in [3.63, 3.8) is 0 Å². The van der Waals surface area contributed by atoms with Gasteiger partial charge in [0.2, 0.25) is 0 Å². The molecule has 0 fully saturated rings. The molecule has 0 rings (SSSR count). The van der Waals surface area contributed by atoms with Crippen molar-refractivity contribution in [2.24, 2.45) is 0 Å². The summed E-state index contributed by atoms with van der Waals surface area (Å²) in [6, 6.07) is 0. The molecule has 0 bridgehead atoms. The van der Waals surface area contributed by atoms with E-state index in [2.05, 4.69) is 4.74 Å². The number of aliphatic hydroxyl groups is 1. The summed E-state index contributed by atoms with van der Waals surface area (Å²) in [4.78, 5) is 10.5. The highest BCUT2D eigenvalue weighted by molar-refractivity contribution is 5.69. The van der Waals surface area contributed by atoms with E-state index >= 15 is 0 Å². The molecule has 0 aromatic carbocycles. The molecule has 0 aromatic rings. The van der Waals surface area contributed by atoms with Gasteiger partial charge in [-0.15, -0.1) is 0 Å². The zero-order chi connectivity index (χ0) is 7.98. The lowest BCUT2D eigenvalue weighted by molar-refractivity contribution is -0.145. The van der Waals surface area contributed by atoms with Crippen LogP contribution in [0.4, 0.5) is 0 Å². The molecule has 0 aliphatic rings. The molecule has 0 heterocycles. The number of nitrogens with one attached hydrogen (secondary N) is 1. The normalized spacial score (nSPS) is 12.7. The van der Waals surface area contributed by atoms with Gasteiger partial charge in [0.15, 0.2) is 0 Å². The number of carbonyl (C=O) groups excluding carboxylic acids is 1. The number of hydrogen-bond donors (Lipinski definition) is 1. The van der Waals surface area contributed by atoms with E-state index in [4.69, 9.17) is 10.8 Å². The third kappa shape index (κ3) is 4.29. The summed E-state index contributed by atoms with van der Waals surface area (Å²) < 4.78 is 4.53. The second-order valence-corrected chi connectivity index (χ2v) is 1.87. The SMILES string of the molecule is CCOC(=O)CC(O)C[NH]. The average molecular weight is 146 g/mol. The minimum atomic E-state index is -0.876. The predicted octanol–water partition coefficient (Wildman–Crippen LogP) is -0.417. The van der Waals surface area contributed by atoms with Gasteiger partial charge in [-0.25, -0.2) is 0 Å². The molecule has 0 saturated heterocycles. The highest BCUT2D eigenvalue weighted by atomic mass is 16.5. The number of ether oxygens (including phenoxy) is 1. The first-order valence-electron chi connectivity index (χ1n) is 3.19. The summed E-state index contributed by atoms with van der Waals surface area (Å²) in [7, 11) is 0. The number of hydrogen-bond acceptors (Lipinski definition) is 3. The zero-order valence-electron chi connectivity index (χ0n) is 5.96. The van der Waals surface area contributed by atoms with E-state index in [0.29, 0.717) is 6.61 Å². The standard InChI is InChI=1S/C6H12NO3/c1-2-10-6(9)3-5(8)4-7/h5,7-8H,2-4H2,1H3. The first kappa shape index (κ1) is 9.39. The summed E-state index contributed by atoms with van der Waals surface area (Å²) in [6.07, 6.45) is -0.948.